The highest BCUT2D eigenvalue weighted by molar-refractivity contribution is 8.93. The van der Waals surface area contributed by atoms with Crippen LogP contribution < -0.4 is 9.47 Å². The number of Topliss-reactive ketones (excluding diaryl/α,β-unsaturated/α-hetero) is 1. The first kappa shape index (κ1) is 22.8. The lowest BCUT2D eigenvalue weighted by atomic mass is 10.1. The number of hydrogen-bond donors (Lipinski definition) is 1. The molecule has 0 fully saturated rings. The van der Waals surface area contributed by atoms with E-state index in [9.17, 15) is 9.59 Å². The average molecular weight is 481 g/mol. The predicted octanol–water partition coefficient (Wildman–Crippen LogP) is 4.07. The van der Waals surface area contributed by atoms with E-state index in [-0.39, 0.29) is 35.1 Å². The Balaban J connectivity index is 0.00000300. The van der Waals surface area contributed by atoms with Crippen molar-refractivity contribution in [2.75, 3.05) is 26.1 Å². The number of nitrogens with zero attached hydrogens (tertiary/aromatic N) is 1. The van der Waals surface area contributed by atoms with Gasteiger partial charge in [0, 0.05) is 11.6 Å². The molecule has 0 unspecified atom stereocenters. The minimum absolute atomic E-state index is 0. The summed E-state index contributed by atoms with van der Waals surface area (Å²) in [5, 5.41) is 0.676. The molecule has 9 heteroatoms. The van der Waals surface area contributed by atoms with Crippen LogP contribution in [0.25, 0.3) is 11.0 Å². The molecule has 3 rings (SSSR count). The topological polar surface area (TPSA) is 90.5 Å². The summed E-state index contributed by atoms with van der Waals surface area (Å²) in [6, 6.07) is 12.3. The van der Waals surface area contributed by atoms with Gasteiger partial charge in [-0.25, -0.2) is 9.78 Å². The SMILES string of the molecule is Br.CCOc1ccc2nc(SCC(=O)c3ccc(OCC(=O)OC)cc3)[nH]c2c1. The van der Waals surface area contributed by atoms with Crippen LogP contribution in [-0.4, -0.2) is 47.8 Å². The summed E-state index contributed by atoms with van der Waals surface area (Å²) in [6.45, 7) is 2.36. The van der Waals surface area contributed by atoms with Crippen LogP contribution in [0, 0.1) is 0 Å². The highest BCUT2D eigenvalue weighted by Gasteiger charge is 2.11. The number of methoxy groups -OCH3 is 1. The highest BCUT2D eigenvalue weighted by Crippen LogP contribution is 2.24. The van der Waals surface area contributed by atoms with E-state index in [2.05, 4.69) is 14.7 Å². The number of aromatic amines is 1. The third-order valence-corrected chi connectivity index (χ3v) is 4.72. The molecule has 1 N–H and O–H groups in total. The minimum Gasteiger partial charge on any atom is -0.494 e. The van der Waals surface area contributed by atoms with E-state index in [1.165, 1.54) is 18.9 Å². The Morgan fingerprint density at radius 2 is 1.79 bits per heavy atom. The first-order valence-corrected chi connectivity index (χ1v) is 9.66. The number of hydrogen-bond acceptors (Lipinski definition) is 7. The van der Waals surface area contributed by atoms with E-state index in [1.807, 2.05) is 25.1 Å². The Labute approximate surface area is 182 Å². The molecule has 0 atom stereocenters. The molecule has 1 aromatic heterocycles. The first-order valence-electron chi connectivity index (χ1n) is 8.67. The maximum absolute atomic E-state index is 12.4. The normalized spacial score (nSPS) is 10.3. The van der Waals surface area contributed by atoms with Gasteiger partial charge in [0.1, 0.15) is 11.5 Å². The van der Waals surface area contributed by atoms with E-state index in [4.69, 9.17) is 9.47 Å². The lowest BCUT2D eigenvalue weighted by Crippen LogP contribution is -2.12. The van der Waals surface area contributed by atoms with Gasteiger partial charge in [0.2, 0.25) is 0 Å². The zero-order chi connectivity index (χ0) is 19.9. The molecule has 154 valence electrons. The van der Waals surface area contributed by atoms with E-state index in [0.717, 1.165) is 16.8 Å². The van der Waals surface area contributed by atoms with Gasteiger partial charge in [-0.3, -0.25) is 4.79 Å². The van der Waals surface area contributed by atoms with Gasteiger partial charge in [-0.05, 0) is 43.3 Å². The number of aromatic nitrogens is 2. The number of H-pyrrole nitrogens is 1. The molecule has 0 aliphatic heterocycles. The molecular weight excluding hydrogens is 460 g/mol. The first-order chi connectivity index (χ1) is 13.6. The third-order valence-electron chi connectivity index (χ3n) is 3.84. The summed E-state index contributed by atoms with van der Waals surface area (Å²) in [4.78, 5) is 31.2. The summed E-state index contributed by atoms with van der Waals surface area (Å²) >= 11 is 1.34. The smallest absolute Gasteiger partial charge is 0.343 e. The van der Waals surface area contributed by atoms with Crippen LogP contribution in [0.5, 0.6) is 11.5 Å². The number of thioether (sulfide) groups is 1. The molecule has 0 amide bonds. The number of ketones is 1. The van der Waals surface area contributed by atoms with Gasteiger partial charge < -0.3 is 19.2 Å². The standard InChI is InChI=1S/C20H20N2O5S.BrH/c1-3-26-15-8-9-16-17(10-15)22-20(21-16)28-12-18(23)13-4-6-14(7-5-13)27-11-19(24)25-2;/h4-10H,3,11-12H2,1-2H3,(H,21,22);1H. The number of esters is 1. The fourth-order valence-corrected chi connectivity index (χ4v) is 3.23. The van der Waals surface area contributed by atoms with Crippen molar-refractivity contribution in [2.45, 2.75) is 12.1 Å². The molecule has 0 aliphatic carbocycles. The van der Waals surface area contributed by atoms with Crippen molar-refractivity contribution in [1.29, 1.82) is 0 Å². The molecule has 0 aliphatic rings. The number of halogens is 1. The number of carbonyl (C=O) groups excluding carboxylic acids is 2. The molecule has 0 spiro atoms. The second-order valence-corrected chi connectivity index (χ2v) is 6.72. The lowest BCUT2D eigenvalue weighted by molar-refractivity contribution is -0.142. The largest absolute Gasteiger partial charge is 0.494 e. The Morgan fingerprint density at radius 1 is 1.07 bits per heavy atom. The maximum Gasteiger partial charge on any atom is 0.343 e. The Hall–Kier alpha value is -2.52. The van der Waals surface area contributed by atoms with Gasteiger partial charge in [0.25, 0.3) is 0 Å². The van der Waals surface area contributed by atoms with Crippen molar-refractivity contribution in [3.8, 4) is 11.5 Å². The van der Waals surface area contributed by atoms with Crippen LogP contribution in [0.3, 0.4) is 0 Å². The molecule has 2 aromatic carbocycles. The van der Waals surface area contributed by atoms with Gasteiger partial charge >= 0.3 is 5.97 Å². The molecule has 29 heavy (non-hydrogen) atoms. The van der Waals surface area contributed by atoms with Gasteiger partial charge in [0.15, 0.2) is 17.5 Å². The van der Waals surface area contributed by atoms with Crippen LogP contribution in [-0.2, 0) is 9.53 Å². The number of benzene rings is 2. The molecular formula is C20H21BrN2O5S. The molecule has 0 saturated carbocycles. The van der Waals surface area contributed by atoms with Crippen molar-refractivity contribution in [3.05, 3.63) is 48.0 Å². The summed E-state index contributed by atoms with van der Waals surface area (Å²) in [5.74, 6) is 1.04. The van der Waals surface area contributed by atoms with Crippen molar-refractivity contribution >= 4 is 51.5 Å². The highest BCUT2D eigenvalue weighted by atomic mass is 79.9. The van der Waals surface area contributed by atoms with Gasteiger partial charge in [-0.2, -0.15) is 0 Å². The third kappa shape index (κ3) is 6.23. The second kappa shape index (κ2) is 10.9. The fourth-order valence-electron chi connectivity index (χ4n) is 2.45. The lowest BCUT2D eigenvalue weighted by Gasteiger charge is -2.05. The quantitative estimate of drug-likeness (QED) is 0.280. The summed E-state index contributed by atoms with van der Waals surface area (Å²) in [6.07, 6.45) is 0. The summed E-state index contributed by atoms with van der Waals surface area (Å²) < 4.78 is 15.3. The van der Waals surface area contributed by atoms with Gasteiger partial charge in [0.05, 0.1) is 30.5 Å². The Morgan fingerprint density at radius 3 is 2.48 bits per heavy atom. The summed E-state index contributed by atoms with van der Waals surface area (Å²) in [7, 11) is 1.30. The Kier molecular flexibility index (Phi) is 8.53. The number of rotatable bonds is 9. The predicted molar refractivity (Wildman–Crippen MR) is 117 cm³/mol. The molecule has 3 aromatic rings. The molecule has 0 radical (unpaired) electrons. The van der Waals surface area contributed by atoms with Crippen molar-refractivity contribution < 1.29 is 23.8 Å². The van der Waals surface area contributed by atoms with Crippen molar-refractivity contribution in [3.63, 3.8) is 0 Å². The monoisotopic (exact) mass is 480 g/mol. The number of nitrogens with one attached hydrogen (secondary N) is 1. The van der Waals surface area contributed by atoms with Crippen LogP contribution in [0.15, 0.2) is 47.6 Å². The molecule has 0 bridgehead atoms. The van der Waals surface area contributed by atoms with Crippen LogP contribution in [0.1, 0.15) is 17.3 Å². The number of fused-ring (bicyclic) bond motifs is 1. The van der Waals surface area contributed by atoms with Crippen LogP contribution in [0.2, 0.25) is 0 Å². The maximum atomic E-state index is 12.4. The fraction of sp³-hybridized carbons (Fsp3) is 0.250. The zero-order valence-electron chi connectivity index (χ0n) is 16.0. The van der Waals surface area contributed by atoms with Crippen LogP contribution >= 0.6 is 28.7 Å². The molecule has 1 heterocycles. The Bertz CT molecular complexity index is 975. The van der Waals surface area contributed by atoms with Gasteiger partial charge in [-0.1, -0.05) is 11.8 Å². The molecule has 0 saturated heterocycles. The van der Waals surface area contributed by atoms with Crippen LogP contribution in [0.4, 0.5) is 0 Å². The molecule has 7 nitrogen and oxygen atoms in total. The van der Waals surface area contributed by atoms with E-state index in [0.29, 0.717) is 23.1 Å². The number of imidazole rings is 1. The minimum atomic E-state index is -0.462. The van der Waals surface area contributed by atoms with E-state index in [1.54, 1.807) is 24.3 Å². The zero-order valence-corrected chi connectivity index (χ0v) is 18.5. The van der Waals surface area contributed by atoms with Gasteiger partial charge in [-0.15, -0.1) is 17.0 Å². The average Bonchev–Trinajstić information content (AvgIpc) is 3.13. The van der Waals surface area contributed by atoms with E-state index >= 15 is 0 Å². The second-order valence-electron chi connectivity index (χ2n) is 5.75. The number of ether oxygens (including phenoxy) is 3. The van der Waals surface area contributed by atoms with E-state index < -0.39 is 5.97 Å². The summed E-state index contributed by atoms with van der Waals surface area (Å²) in [5.41, 5.74) is 2.26. The number of carbonyl (C=O) groups is 2. The van der Waals surface area contributed by atoms with Crippen molar-refractivity contribution in [2.24, 2.45) is 0 Å². The van der Waals surface area contributed by atoms with Crippen molar-refractivity contribution in [1.82, 2.24) is 9.97 Å².